The zero-order chi connectivity index (χ0) is 14.7. The molecule has 2 aromatic heterocycles. The lowest BCUT2D eigenvalue weighted by Gasteiger charge is -2.11. The van der Waals surface area contributed by atoms with Gasteiger partial charge in [0.1, 0.15) is 5.52 Å². The molecule has 0 fully saturated rings. The molecule has 5 nitrogen and oxygen atoms in total. The van der Waals surface area contributed by atoms with Gasteiger partial charge in [-0.25, -0.2) is 9.50 Å². The fraction of sp³-hybridized carbons (Fsp3) is 0.250. The van der Waals surface area contributed by atoms with Crippen molar-refractivity contribution >= 4 is 11.3 Å². The number of hydrogen-bond donors (Lipinski definition) is 1. The summed E-state index contributed by atoms with van der Waals surface area (Å²) in [6.07, 6.45) is 3.61. The monoisotopic (exact) mass is 282 g/mol. The molecule has 2 heterocycles. The molecule has 0 aliphatic rings. The first-order valence-electron chi connectivity index (χ1n) is 6.88. The Labute approximate surface area is 123 Å². The Morgan fingerprint density at radius 3 is 2.86 bits per heavy atom. The van der Waals surface area contributed by atoms with Crippen LogP contribution in [0.2, 0.25) is 0 Å². The molecule has 0 amide bonds. The van der Waals surface area contributed by atoms with Crippen molar-refractivity contribution in [3.63, 3.8) is 0 Å². The van der Waals surface area contributed by atoms with Crippen molar-refractivity contribution < 1.29 is 4.74 Å². The van der Waals surface area contributed by atoms with Crippen LogP contribution in [0.3, 0.4) is 0 Å². The minimum Gasteiger partial charge on any atom is -0.380 e. The predicted molar refractivity (Wildman–Crippen MR) is 82.2 cm³/mol. The molecule has 3 aromatic rings. The van der Waals surface area contributed by atoms with Gasteiger partial charge in [0.25, 0.3) is 0 Å². The molecule has 0 atom stereocenters. The van der Waals surface area contributed by atoms with E-state index < -0.39 is 0 Å². The van der Waals surface area contributed by atoms with Crippen LogP contribution in [0.4, 0.5) is 5.82 Å². The largest absolute Gasteiger partial charge is 0.380 e. The van der Waals surface area contributed by atoms with Gasteiger partial charge >= 0.3 is 0 Å². The third-order valence-electron chi connectivity index (χ3n) is 3.38. The number of rotatable bonds is 5. The van der Waals surface area contributed by atoms with Gasteiger partial charge in [0.15, 0.2) is 5.82 Å². The minimum atomic E-state index is 0.612. The zero-order valence-corrected chi connectivity index (χ0v) is 12.2. The van der Waals surface area contributed by atoms with E-state index in [4.69, 9.17) is 4.74 Å². The fourth-order valence-electron chi connectivity index (χ4n) is 2.39. The maximum atomic E-state index is 5.24. The molecule has 0 aliphatic heterocycles. The van der Waals surface area contributed by atoms with Crippen LogP contribution in [0.15, 0.2) is 42.7 Å². The van der Waals surface area contributed by atoms with Gasteiger partial charge in [-0.3, -0.25) is 0 Å². The molecule has 1 N–H and O–H groups in total. The number of nitrogens with zero attached hydrogens (tertiary/aromatic N) is 3. The second kappa shape index (κ2) is 5.93. The Kier molecular flexibility index (Phi) is 3.83. The number of anilines is 1. The van der Waals surface area contributed by atoms with Crippen molar-refractivity contribution in [2.24, 2.45) is 0 Å². The van der Waals surface area contributed by atoms with Crippen molar-refractivity contribution in [1.29, 1.82) is 0 Å². The van der Waals surface area contributed by atoms with Crippen LogP contribution in [0, 0.1) is 6.92 Å². The average Bonchev–Trinajstić information content (AvgIpc) is 2.87. The van der Waals surface area contributed by atoms with Crippen LogP contribution >= 0.6 is 0 Å². The van der Waals surface area contributed by atoms with Gasteiger partial charge in [-0.1, -0.05) is 24.3 Å². The Hall–Kier alpha value is -2.40. The number of methoxy groups -OCH3 is 1. The molecular weight excluding hydrogens is 264 g/mol. The molecule has 0 saturated heterocycles. The third-order valence-corrected chi connectivity index (χ3v) is 3.38. The van der Waals surface area contributed by atoms with E-state index in [0.29, 0.717) is 13.2 Å². The van der Waals surface area contributed by atoms with E-state index in [1.54, 1.807) is 13.3 Å². The molecule has 0 saturated carbocycles. The van der Waals surface area contributed by atoms with Gasteiger partial charge in [-0.2, -0.15) is 5.10 Å². The lowest BCUT2D eigenvalue weighted by molar-refractivity contribution is 0.184. The summed E-state index contributed by atoms with van der Waals surface area (Å²) < 4.78 is 7.08. The van der Waals surface area contributed by atoms with Gasteiger partial charge in [0.2, 0.25) is 0 Å². The second-order valence-electron chi connectivity index (χ2n) is 4.95. The smallest absolute Gasteiger partial charge is 0.152 e. The van der Waals surface area contributed by atoms with Crippen molar-refractivity contribution in [2.75, 3.05) is 12.4 Å². The normalized spacial score (nSPS) is 11.0. The molecule has 0 radical (unpaired) electrons. The van der Waals surface area contributed by atoms with Crippen LogP contribution in [0.5, 0.6) is 0 Å². The van der Waals surface area contributed by atoms with Crippen LogP contribution in [0.1, 0.15) is 16.8 Å². The van der Waals surface area contributed by atoms with Gasteiger partial charge in [-0.05, 0) is 24.1 Å². The summed E-state index contributed by atoms with van der Waals surface area (Å²) in [6, 6.07) is 10.3. The highest BCUT2D eigenvalue weighted by Gasteiger charge is 2.06. The fourth-order valence-corrected chi connectivity index (χ4v) is 2.39. The topological polar surface area (TPSA) is 51.5 Å². The second-order valence-corrected chi connectivity index (χ2v) is 4.95. The summed E-state index contributed by atoms with van der Waals surface area (Å²) in [5, 5.41) is 7.78. The van der Waals surface area contributed by atoms with Crippen LogP contribution in [-0.4, -0.2) is 21.7 Å². The van der Waals surface area contributed by atoms with E-state index in [-0.39, 0.29) is 0 Å². The number of benzene rings is 1. The molecule has 3 rings (SSSR count). The van der Waals surface area contributed by atoms with Gasteiger partial charge in [0.05, 0.1) is 12.3 Å². The Balaban J connectivity index is 1.83. The van der Waals surface area contributed by atoms with E-state index in [9.17, 15) is 0 Å². The predicted octanol–water partition coefficient (Wildman–Crippen LogP) is 2.80. The summed E-state index contributed by atoms with van der Waals surface area (Å²) in [7, 11) is 1.71. The first-order chi connectivity index (χ1) is 10.3. The van der Waals surface area contributed by atoms with Crippen LogP contribution < -0.4 is 5.32 Å². The third kappa shape index (κ3) is 2.87. The molecule has 0 unspecified atom stereocenters. The summed E-state index contributed by atoms with van der Waals surface area (Å²) in [4.78, 5) is 4.41. The van der Waals surface area contributed by atoms with Crippen molar-refractivity contribution in [2.45, 2.75) is 20.1 Å². The molecule has 5 heteroatoms. The minimum absolute atomic E-state index is 0.612. The SMILES string of the molecule is COCc1ccccc1CNc1nccn2nc(C)cc12. The summed E-state index contributed by atoms with van der Waals surface area (Å²) in [5.74, 6) is 0.838. The summed E-state index contributed by atoms with van der Waals surface area (Å²) in [6.45, 7) is 3.29. The molecule has 21 heavy (non-hydrogen) atoms. The van der Waals surface area contributed by atoms with Gasteiger partial charge in [0, 0.05) is 26.0 Å². The molecule has 0 aliphatic carbocycles. The quantitative estimate of drug-likeness (QED) is 0.782. The first kappa shape index (κ1) is 13.6. The Morgan fingerprint density at radius 1 is 1.24 bits per heavy atom. The highest BCUT2D eigenvalue weighted by molar-refractivity contribution is 5.67. The first-order valence-corrected chi connectivity index (χ1v) is 6.88. The van der Waals surface area contributed by atoms with Gasteiger partial charge < -0.3 is 10.1 Å². The van der Waals surface area contributed by atoms with Crippen molar-refractivity contribution in [1.82, 2.24) is 14.6 Å². The number of aryl methyl sites for hydroxylation is 1. The van der Waals surface area contributed by atoms with E-state index in [1.807, 2.05) is 35.8 Å². The number of nitrogens with one attached hydrogen (secondary N) is 1. The number of ether oxygens (including phenoxy) is 1. The van der Waals surface area contributed by atoms with Crippen molar-refractivity contribution in [3.05, 3.63) is 59.5 Å². The zero-order valence-electron chi connectivity index (χ0n) is 12.2. The van der Waals surface area contributed by atoms with Crippen LogP contribution in [-0.2, 0) is 17.9 Å². The summed E-state index contributed by atoms with van der Waals surface area (Å²) in [5.41, 5.74) is 4.36. The highest BCUT2D eigenvalue weighted by atomic mass is 16.5. The van der Waals surface area contributed by atoms with Crippen molar-refractivity contribution in [3.8, 4) is 0 Å². The number of fused-ring (bicyclic) bond motifs is 1. The number of aromatic nitrogens is 3. The Morgan fingerprint density at radius 2 is 2.05 bits per heavy atom. The maximum absolute atomic E-state index is 5.24. The molecule has 0 spiro atoms. The standard InChI is InChI=1S/C16H18N4O/c1-12-9-15-16(17-7-8-20(15)19-12)18-10-13-5-3-4-6-14(13)11-21-2/h3-9H,10-11H2,1-2H3,(H,17,18). The van der Waals surface area contributed by atoms with E-state index in [0.717, 1.165) is 17.0 Å². The lowest BCUT2D eigenvalue weighted by Crippen LogP contribution is -2.06. The Bertz CT molecular complexity index is 751. The van der Waals surface area contributed by atoms with E-state index >= 15 is 0 Å². The molecule has 0 bridgehead atoms. The average molecular weight is 282 g/mol. The number of hydrogen-bond acceptors (Lipinski definition) is 4. The van der Waals surface area contributed by atoms with E-state index in [2.05, 4.69) is 27.5 Å². The summed E-state index contributed by atoms with van der Waals surface area (Å²) >= 11 is 0. The maximum Gasteiger partial charge on any atom is 0.152 e. The molecule has 1 aromatic carbocycles. The van der Waals surface area contributed by atoms with E-state index in [1.165, 1.54) is 11.1 Å². The van der Waals surface area contributed by atoms with Gasteiger partial charge in [-0.15, -0.1) is 0 Å². The molecular formula is C16H18N4O. The van der Waals surface area contributed by atoms with Crippen LogP contribution in [0.25, 0.3) is 5.52 Å². The molecule has 108 valence electrons. The highest BCUT2D eigenvalue weighted by Crippen LogP contribution is 2.17. The lowest BCUT2D eigenvalue weighted by atomic mass is 10.1.